The number of β-amino-alcohol motifs (C(OH)–C–C–N with tert-alkyl or cyclic N) is 1. The van der Waals surface area contributed by atoms with Crippen molar-refractivity contribution in [1.82, 2.24) is 15.1 Å². The maximum Gasteiger partial charge on any atom is 0.323 e. The Balaban J connectivity index is 1.71. The monoisotopic (exact) mass is 318 g/mol. The highest BCUT2D eigenvalue weighted by atomic mass is 32.1. The fourth-order valence-electron chi connectivity index (χ4n) is 2.80. The quantitative estimate of drug-likeness (QED) is 0.890. The molecule has 1 atom stereocenters. The summed E-state index contributed by atoms with van der Waals surface area (Å²) < 4.78 is 0. The van der Waals surface area contributed by atoms with Crippen LogP contribution >= 0.6 is 11.3 Å². The van der Waals surface area contributed by atoms with E-state index in [2.05, 4.69) is 15.5 Å². The first-order chi connectivity index (χ1) is 10.5. The van der Waals surface area contributed by atoms with Gasteiger partial charge in [-0.1, -0.05) is 35.6 Å². The predicted molar refractivity (Wildman–Crippen MR) is 84.9 cm³/mol. The summed E-state index contributed by atoms with van der Waals surface area (Å²) in [7, 11) is 0. The molecule has 2 heterocycles. The zero-order valence-electron chi connectivity index (χ0n) is 12.5. The van der Waals surface area contributed by atoms with Crippen molar-refractivity contribution >= 4 is 22.5 Å². The number of hydrogen-bond acceptors (Lipinski definition) is 5. The summed E-state index contributed by atoms with van der Waals surface area (Å²) in [4.78, 5) is 13.9. The molecular weight excluding hydrogens is 300 g/mol. The number of anilines is 1. The van der Waals surface area contributed by atoms with Gasteiger partial charge in [-0.2, -0.15) is 0 Å². The highest BCUT2D eigenvalue weighted by Crippen LogP contribution is 2.34. The molecular formula is C15H18N4O2S. The number of urea groups is 1. The molecule has 1 saturated heterocycles. The van der Waals surface area contributed by atoms with E-state index in [4.69, 9.17) is 0 Å². The first-order valence-corrected chi connectivity index (χ1v) is 7.94. The summed E-state index contributed by atoms with van der Waals surface area (Å²) >= 11 is 1.33. The van der Waals surface area contributed by atoms with Gasteiger partial charge in [0.15, 0.2) is 0 Å². The fraction of sp³-hybridized carbons (Fsp3) is 0.400. The van der Waals surface area contributed by atoms with Crippen LogP contribution in [0.25, 0.3) is 0 Å². The van der Waals surface area contributed by atoms with Crippen LogP contribution in [0.2, 0.25) is 0 Å². The van der Waals surface area contributed by atoms with Crippen LogP contribution < -0.4 is 5.32 Å². The third-order valence-corrected chi connectivity index (χ3v) is 4.68. The topological polar surface area (TPSA) is 78.4 Å². The molecule has 0 unspecified atom stereocenters. The summed E-state index contributed by atoms with van der Waals surface area (Å²) in [6, 6.07) is 7.50. The second-order valence-corrected chi connectivity index (χ2v) is 6.76. The largest absolute Gasteiger partial charge is 0.383 e. The van der Waals surface area contributed by atoms with Crippen molar-refractivity contribution in [1.29, 1.82) is 0 Å². The first-order valence-electron chi connectivity index (χ1n) is 7.12. The highest BCUT2D eigenvalue weighted by molar-refractivity contribution is 7.15. The molecule has 22 heavy (non-hydrogen) atoms. The molecule has 7 heteroatoms. The Kier molecular flexibility index (Phi) is 3.84. The number of carbonyl (C=O) groups is 1. The molecule has 0 bridgehead atoms. The summed E-state index contributed by atoms with van der Waals surface area (Å²) in [6.07, 6.45) is 0.528. The van der Waals surface area contributed by atoms with Gasteiger partial charge in [-0.3, -0.25) is 5.32 Å². The molecule has 2 aromatic rings. The van der Waals surface area contributed by atoms with Gasteiger partial charge in [0.25, 0.3) is 0 Å². The average molecular weight is 318 g/mol. The van der Waals surface area contributed by atoms with Crippen LogP contribution in [-0.4, -0.2) is 39.3 Å². The van der Waals surface area contributed by atoms with Gasteiger partial charge in [-0.15, -0.1) is 10.2 Å². The molecule has 0 radical (unpaired) electrons. The summed E-state index contributed by atoms with van der Waals surface area (Å²) in [5, 5.41) is 22.6. The number of aliphatic hydroxyl groups is 1. The third-order valence-electron chi connectivity index (χ3n) is 3.92. The van der Waals surface area contributed by atoms with E-state index >= 15 is 0 Å². The Morgan fingerprint density at radius 1 is 1.36 bits per heavy atom. The fourth-order valence-corrected chi connectivity index (χ4v) is 3.38. The highest BCUT2D eigenvalue weighted by Gasteiger charge is 2.40. The van der Waals surface area contributed by atoms with Gasteiger partial charge in [-0.25, -0.2) is 4.79 Å². The molecule has 1 aromatic carbocycles. The average Bonchev–Trinajstić information content (AvgIpc) is 3.06. The second kappa shape index (κ2) is 5.66. The molecule has 1 aliphatic rings. The second-order valence-electron chi connectivity index (χ2n) is 5.57. The number of benzene rings is 1. The zero-order chi connectivity index (χ0) is 15.7. The van der Waals surface area contributed by atoms with Crippen molar-refractivity contribution < 1.29 is 9.90 Å². The molecule has 1 aliphatic heterocycles. The van der Waals surface area contributed by atoms with E-state index in [1.54, 1.807) is 4.90 Å². The van der Waals surface area contributed by atoms with Crippen molar-refractivity contribution in [2.75, 3.05) is 18.4 Å². The van der Waals surface area contributed by atoms with Gasteiger partial charge in [0, 0.05) is 6.54 Å². The number of amides is 2. The van der Waals surface area contributed by atoms with Gasteiger partial charge in [0.05, 0.1) is 6.54 Å². The van der Waals surface area contributed by atoms with Gasteiger partial charge in [0.2, 0.25) is 5.13 Å². The zero-order valence-corrected chi connectivity index (χ0v) is 13.4. The standard InChI is InChI=1S/C15H18N4O2S/c1-10-5-3-4-6-12(10)15(21)7-8-19(9-15)14(20)16-13-18-17-11(2)22-13/h3-6,21H,7-9H2,1-2H3,(H,16,18,20)/t15-/m1/s1. The maximum absolute atomic E-state index is 12.3. The van der Waals surface area contributed by atoms with Crippen LogP contribution in [0.1, 0.15) is 22.6 Å². The predicted octanol–water partition coefficient (Wildman–Crippen LogP) is 2.28. The first kappa shape index (κ1) is 14.9. The Hall–Kier alpha value is -1.99. The Morgan fingerprint density at radius 2 is 2.14 bits per heavy atom. The van der Waals surface area contributed by atoms with E-state index in [9.17, 15) is 9.90 Å². The summed E-state index contributed by atoms with van der Waals surface area (Å²) in [5.41, 5.74) is 0.934. The van der Waals surface area contributed by atoms with Crippen molar-refractivity contribution in [3.05, 3.63) is 40.4 Å². The van der Waals surface area contributed by atoms with Gasteiger partial charge in [0.1, 0.15) is 10.6 Å². The molecule has 3 rings (SSSR count). The number of hydrogen-bond donors (Lipinski definition) is 2. The molecule has 1 aromatic heterocycles. The van der Waals surface area contributed by atoms with E-state index in [1.807, 2.05) is 38.1 Å². The van der Waals surface area contributed by atoms with Crippen LogP contribution in [0.15, 0.2) is 24.3 Å². The van der Waals surface area contributed by atoms with Gasteiger partial charge >= 0.3 is 6.03 Å². The van der Waals surface area contributed by atoms with Gasteiger partial charge < -0.3 is 10.0 Å². The molecule has 0 spiro atoms. The Morgan fingerprint density at radius 3 is 2.82 bits per heavy atom. The van der Waals surface area contributed by atoms with Crippen LogP contribution in [0.5, 0.6) is 0 Å². The molecule has 0 aliphatic carbocycles. The molecule has 0 saturated carbocycles. The lowest BCUT2D eigenvalue weighted by molar-refractivity contribution is 0.0494. The third kappa shape index (κ3) is 2.82. The van der Waals surface area contributed by atoms with Crippen LogP contribution in [0.3, 0.4) is 0 Å². The Bertz CT molecular complexity index is 702. The van der Waals surface area contributed by atoms with Gasteiger partial charge in [-0.05, 0) is 31.4 Å². The van der Waals surface area contributed by atoms with Crippen molar-refractivity contribution in [2.45, 2.75) is 25.9 Å². The van der Waals surface area contributed by atoms with Crippen molar-refractivity contribution in [3.63, 3.8) is 0 Å². The van der Waals surface area contributed by atoms with Crippen LogP contribution in [0.4, 0.5) is 9.93 Å². The number of nitrogens with one attached hydrogen (secondary N) is 1. The van der Waals surface area contributed by atoms with E-state index in [1.165, 1.54) is 11.3 Å². The van der Waals surface area contributed by atoms with E-state index in [-0.39, 0.29) is 12.6 Å². The van der Waals surface area contributed by atoms with E-state index < -0.39 is 5.60 Å². The van der Waals surface area contributed by atoms with E-state index in [0.717, 1.165) is 16.1 Å². The Labute approximate surface area is 132 Å². The normalized spacial score (nSPS) is 21.1. The summed E-state index contributed by atoms with van der Waals surface area (Å²) in [5.74, 6) is 0. The molecule has 1 fully saturated rings. The molecule has 2 N–H and O–H groups in total. The smallest absolute Gasteiger partial charge is 0.323 e. The van der Waals surface area contributed by atoms with Crippen molar-refractivity contribution in [2.24, 2.45) is 0 Å². The van der Waals surface area contributed by atoms with Crippen LogP contribution in [-0.2, 0) is 5.60 Å². The lowest BCUT2D eigenvalue weighted by Gasteiger charge is -2.25. The SMILES string of the molecule is Cc1nnc(NC(=O)N2CC[C@](O)(c3ccccc3C)C2)s1. The molecule has 6 nitrogen and oxygen atoms in total. The minimum atomic E-state index is -0.986. The number of carbonyl (C=O) groups excluding carboxylic acids is 1. The van der Waals surface area contributed by atoms with Crippen LogP contribution in [0, 0.1) is 13.8 Å². The lowest BCUT2D eigenvalue weighted by Crippen LogP contribution is -2.37. The number of aromatic nitrogens is 2. The molecule has 2 amide bonds. The summed E-state index contributed by atoms with van der Waals surface area (Å²) in [6.45, 7) is 4.59. The minimum Gasteiger partial charge on any atom is -0.383 e. The van der Waals surface area contributed by atoms with Crippen molar-refractivity contribution in [3.8, 4) is 0 Å². The number of likely N-dealkylation sites (tertiary alicyclic amines) is 1. The molecule has 116 valence electrons. The number of rotatable bonds is 2. The number of aryl methyl sites for hydroxylation is 2. The lowest BCUT2D eigenvalue weighted by atomic mass is 9.89. The number of nitrogens with zero attached hydrogens (tertiary/aromatic N) is 3. The minimum absolute atomic E-state index is 0.249. The maximum atomic E-state index is 12.3. The van der Waals surface area contributed by atoms with E-state index in [0.29, 0.717) is 18.1 Å².